The predicted molar refractivity (Wildman–Crippen MR) is 83.2 cm³/mol. The lowest BCUT2D eigenvalue weighted by atomic mass is 10.1. The van der Waals surface area contributed by atoms with Crippen molar-refractivity contribution in [3.63, 3.8) is 0 Å². The molecule has 0 aromatic heterocycles. The molecule has 2 aromatic carbocycles. The van der Waals surface area contributed by atoms with Gasteiger partial charge in [0.1, 0.15) is 0 Å². The normalized spacial score (nSPS) is 16.7. The Bertz CT molecular complexity index is 789. The molecule has 7 heteroatoms. The van der Waals surface area contributed by atoms with Gasteiger partial charge in [0.05, 0.1) is 10.6 Å². The first-order chi connectivity index (χ1) is 11.0. The maximum absolute atomic E-state index is 12.1. The Morgan fingerprint density at radius 1 is 1.09 bits per heavy atom. The van der Waals surface area contributed by atoms with Crippen molar-refractivity contribution in [1.29, 1.82) is 0 Å². The number of nitrogens with one attached hydrogen (secondary N) is 2. The van der Waals surface area contributed by atoms with E-state index in [1.165, 1.54) is 0 Å². The molecule has 1 heterocycles. The summed E-state index contributed by atoms with van der Waals surface area (Å²) < 4.78 is 4.86. The summed E-state index contributed by atoms with van der Waals surface area (Å²) in [5.74, 6) is -0.851. The third-order valence-electron chi connectivity index (χ3n) is 3.28. The molecule has 3 rings (SSSR count). The summed E-state index contributed by atoms with van der Waals surface area (Å²) in [5.41, 5.74) is 1.41. The second kappa shape index (κ2) is 6.10. The van der Waals surface area contributed by atoms with Crippen molar-refractivity contribution in [2.24, 2.45) is 0 Å². The minimum Gasteiger partial charge on any atom is -0.431 e. The number of cyclic esters (lactones) is 1. The Hall–Kier alpha value is -2.86. The number of anilines is 1. The molecule has 0 aliphatic carbocycles. The van der Waals surface area contributed by atoms with E-state index in [2.05, 4.69) is 10.6 Å². The van der Waals surface area contributed by atoms with Crippen molar-refractivity contribution in [3.8, 4) is 0 Å². The van der Waals surface area contributed by atoms with Crippen molar-refractivity contribution in [3.05, 3.63) is 64.7 Å². The summed E-state index contributed by atoms with van der Waals surface area (Å²) in [6, 6.07) is 13.1. The molecule has 2 aromatic rings. The van der Waals surface area contributed by atoms with E-state index < -0.39 is 18.1 Å². The Kier molecular flexibility index (Phi) is 3.99. The van der Waals surface area contributed by atoms with Crippen LogP contribution in [0.3, 0.4) is 0 Å². The van der Waals surface area contributed by atoms with E-state index in [4.69, 9.17) is 16.3 Å². The number of ether oxygens (including phenoxy) is 1. The Morgan fingerprint density at radius 2 is 1.78 bits per heavy atom. The second-order valence-electron chi connectivity index (χ2n) is 4.83. The van der Waals surface area contributed by atoms with Crippen molar-refractivity contribution in [2.45, 2.75) is 6.10 Å². The van der Waals surface area contributed by atoms with Gasteiger partial charge in [0, 0.05) is 11.3 Å². The van der Waals surface area contributed by atoms with Gasteiger partial charge in [-0.3, -0.25) is 14.9 Å². The van der Waals surface area contributed by atoms with E-state index in [1.54, 1.807) is 48.5 Å². The fourth-order valence-corrected chi connectivity index (χ4v) is 2.38. The zero-order valence-electron chi connectivity index (χ0n) is 11.7. The number of rotatable bonds is 3. The van der Waals surface area contributed by atoms with Crippen LogP contribution in [0.1, 0.15) is 22.0 Å². The molecule has 0 saturated carbocycles. The Labute approximate surface area is 136 Å². The van der Waals surface area contributed by atoms with Crippen molar-refractivity contribution < 1.29 is 19.1 Å². The molecule has 0 radical (unpaired) electrons. The van der Waals surface area contributed by atoms with Gasteiger partial charge >= 0.3 is 6.09 Å². The molecule has 2 N–H and O–H groups in total. The van der Waals surface area contributed by atoms with Crippen LogP contribution in [0.15, 0.2) is 48.5 Å². The highest BCUT2D eigenvalue weighted by Crippen LogP contribution is 2.24. The number of carbonyl (C=O) groups is 3. The number of alkyl carbamates (subject to hydrolysis) is 1. The molecule has 1 saturated heterocycles. The number of carbonyl (C=O) groups excluding carboxylic acids is 3. The van der Waals surface area contributed by atoms with Gasteiger partial charge in [0.25, 0.3) is 11.8 Å². The van der Waals surface area contributed by atoms with Crippen LogP contribution in [-0.2, 0) is 9.53 Å². The summed E-state index contributed by atoms with van der Waals surface area (Å²) in [4.78, 5) is 34.7. The standard InChI is InChI=1S/C16H11ClN2O4/c17-12-4-2-1-3-11(12)14(20)18-10-7-5-9(6-8-10)13-15(21)19-16(22)23-13/h1-8,13H,(H,18,20)(H,19,21,22). The smallest absolute Gasteiger partial charge is 0.415 e. The molecular weight excluding hydrogens is 320 g/mol. The minimum atomic E-state index is -0.962. The van der Waals surface area contributed by atoms with Crippen LogP contribution < -0.4 is 10.6 Å². The molecule has 23 heavy (non-hydrogen) atoms. The van der Waals surface area contributed by atoms with Gasteiger partial charge in [-0.25, -0.2) is 4.79 Å². The van der Waals surface area contributed by atoms with Crippen molar-refractivity contribution >= 4 is 35.2 Å². The molecule has 6 nitrogen and oxygen atoms in total. The van der Waals surface area contributed by atoms with Gasteiger partial charge in [0.15, 0.2) is 0 Å². The number of hydrogen-bond acceptors (Lipinski definition) is 4. The van der Waals surface area contributed by atoms with E-state index in [-0.39, 0.29) is 5.91 Å². The number of amides is 3. The second-order valence-corrected chi connectivity index (χ2v) is 5.24. The lowest BCUT2D eigenvalue weighted by Gasteiger charge is -2.09. The first-order valence-electron chi connectivity index (χ1n) is 6.72. The zero-order chi connectivity index (χ0) is 16.4. The van der Waals surface area contributed by atoms with Gasteiger partial charge < -0.3 is 10.1 Å². The quantitative estimate of drug-likeness (QED) is 0.906. The fraction of sp³-hybridized carbons (Fsp3) is 0.0625. The molecule has 0 spiro atoms. The SMILES string of the molecule is O=C1NC(=O)C(c2ccc(NC(=O)c3ccccc3Cl)cc2)O1. The summed E-state index contributed by atoms with van der Waals surface area (Å²) in [7, 11) is 0. The van der Waals surface area contributed by atoms with E-state index in [9.17, 15) is 14.4 Å². The van der Waals surface area contributed by atoms with Crippen LogP contribution in [0.5, 0.6) is 0 Å². The molecule has 116 valence electrons. The lowest BCUT2D eigenvalue weighted by molar-refractivity contribution is -0.123. The van der Waals surface area contributed by atoms with E-state index in [1.807, 2.05) is 0 Å². The average molecular weight is 331 g/mol. The Morgan fingerprint density at radius 3 is 2.39 bits per heavy atom. The number of hydrogen-bond donors (Lipinski definition) is 2. The van der Waals surface area contributed by atoms with E-state index in [0.717, 1.165) is 0 Å². The Balaban J connectivity index is 1.73. The number of benzene rings is 2. The minimum absolute atomic E-state index is 0.339. The highest BCUT2D eigenvalue weighted by molar-refractivity contribution is 6.34. The van der Waals surface area contributed by atoms with Crippen molar-refractivity contribution in [2.75, 3.05) is 5.32 Å². The summed E-state index contributed by atoms with van der Waals surface area (Å²) in [6.07, 6.45) is -1.73. The summed E-state index contributed by atoms with van der Waals surface area (Å²) in [6.45, 7) is 0. The molecular formula is C16H11ClN2O4. The molecule has 1 aliphatic heterocycles. The van der Waals surface area contributed by atoms with Gasteiger partial charge in [-0.05, 0) is 24.3 Å². The summed E-state index contributed by atoms with van der Waals surface area (Å²) >= 11 is 5.97. The lowest BCUT2D eigenvalue weighted by Crippen LogP contribution is -2.20. The first-order valence-corrected chi connectivity index (χ1v) is 7.10. The third kappa shape index (κ3) is 3.17. The van der Waals surface area contributed by atoms with Gasteiger partial charge in [-0.15, -0.1) is 0 Å². The van der Waals surface area contributed by atoms with E-state index in [0.29, 0.717) is 21.8 Å². The highest BCUT2D eigenvalue weighted by Gasteiger charge is 2.33. The molecule has 3 amide bonds. The largest absolute Gasteiger partial charge is 0.431 e. The molecule has 1 unspecified atom stereocenters. The monoisotopic (exact) mass is 330 g/mol. The van der Waals surface area contributed by atoms with Gasteiger partial charge in [0.2, 0.25) is 6.10 Å². The highest BCUT2D eigenvalue weighted by atomic mass is 35.5. The van der Waals surface area contributed by atoms with Crippen molar-refractivity contribution in [1.82, 2.24) is 5.32 Å². The summed E-state index contributed by atoms with van der Waals surface area (Å²) in [5, 5.41) is 5.12. The number of imide groups is 1. The van der Waals surface area contributed by atoms with E-state index >= 15 is 0 Å². The zero-order valence-corrected chi connectivity index (χ0v) is 12.5. The topological polar surface area (TPSA) is 84.5 Å². The van der Waals surface area contributed by atoms with Crippen LogP contribution in [-0.4, -0.2) is 17.9 Å². The van der Waals surface area contributed by atoms with Crippen LogP contribution in [0.2, 0.25) is 5.02 Å². The van der Waals surface area contributed by atoms with Crippen LogP contribution in [0.25, 0.3) is 0 Å². The molecule has 1 fully saturated rings. The molecule has 1 atom stereocenters. The van der Waals surface area contributed by atoms with Gasteiger partial charge in [-0.1, -0.05) is 35.9 Å². The number of halogens is 1. The maximum atomic E-state index is 12.1. The van der Waals surface area contributed by atoms with Crippen LogP contribution in [0.4, 0.5) is 10.5 Å². The average Bonchev–Trinajstić information content (AvgIpc) is 2.87. The van der Waals surface area contributed by atoms with Gasteiger partial charge in [-0.2, -0.15) is 0 Å². The molecule has 0 bridgehead atoms. The first kappa shape index (κ1) is 15.1. The predicted octanol–water partition coefficient (Wildman–Crippen LogP) is 2.90. The third-order valence-corrected chi connectivity index (χ3v) is 3.61. The van der Waals surface area contributed by atoms with Crippen LogP contribution in [0, 0.1) is 0 Å². The fourth-order valence-electron chi connectivity index (χ4n) is 2.16. The maximum Gasteiger partial charge on any atom is 0.415 e. The van der Waals surface area contributed by atoms with Crippen LogP contribution >= 0.6 is 11.6 Å². The molecule has 1 aliphatic rings.